The van der Waals surface area contributed by atoms with E-state index >= 15 is 0 Å². The zero-order valence-corrected chi connectivity index (χ0v) is 7.12. The fourth-order valence-electron chi connectivity index (χ4n) is 0.769. The van der Waals surface area contributed by atoms with E-state index in [0.29, 0.717) is 11.6 Å². The van der Waals surface area contributed by atoms with Crippen molar-refractivity contribution in [2.45, 2.75) is 6.42 Å². The summed E-state index contributed by atoms with van der Waals surface area (Å²) in [5, 5.41) is 8.73. The molecule has 0 unspecified atom stereocenters. The SMILES string of the molecule is N#CCC=Cc1ccnc(Cl)c1. The molecular formula is C9H7ClN2. The molecule has 0 aromatic carbocycles. The van der Waals surface area contributed by atoms with Crippen molar-refractivity contribution in [2.75, 3.05) is 0 Å². The highest BCUT2D eigenvalue weighted by atomic mass is 35.5. The Bertz CT molecular complexity index is 326. The third-order valence-electron chi connectivity index (χ3n) is 1.27. The van der Waals surface area contributed by atoms with Gasteiger partial charge in [-0.15, -0.1) is 0 Å². The van der Waals surface area contributed by atoms with Gasteiger partial charge in [-0.2, -0.15) is 5.26 Å². The second-order valence-electron chi connectivity index (χ2n) is 2.18. The minimum Gasteiger partial charge on any atom is -0.245 e. The van der Waals surface area contributed by atoms with Gasteiger partial charge in [-0.3, -0.25) is 0 Å². The van der Waals surface area contributed by atoms with Gasteiger partial charge in [0.15, 0.2) is 0 Å². The van der Waals surface area contributed by atoms with Gasteiger partial charge in [0.05, 0.1) is 12.5 Å². The second kappa shape index (κ2) is 4.53. The molecule has 60 valence electrons. The lowest BCUT2D eigenvalue weighted by Gasteiger charge is -1.91. The van der Waals surface area contributed by atoms with Crippen LogP contribution in [0, 0.1) is 11.3 Å². The van der Waals surface area contributed by atoms with Crippen LogP contribution in [-0.2, 0) is 0 Å². The molecule has 1 heterocycles. The molecule has 0 fully saturated rings. The number of allylic oxidation sites excluding steroid dienone is 1. The van der Waals surface area contributed by atoms with Crippen LogP contribution >= 0.6 is 11.6 Å². The Morgan fingerprint density at radius 3 is 3.17 bits per heavy atom. The van der Waals surface area contributed by atoms with E-state index in [2.05, 4.69) is 4.98 Å². The summed E-state index contributed by atoms with van der Waals surface area (Å²) in [5.74, 6) is 0. The summed E-state index contributed by atoms with van der Waals surface area (Å²) in [6.45, 7) is 0. The van der Waals surface area contributed by atoms with Crippen LogP contribution in [0.4, 0.5) is 0 Å². The van der Waals surface area contributed by atoms with Gasteiger partial charge < -0.3 is 0 Å². The van der Waals surface area contributed by atoms with Gasteiger partial charge in [0.2, 0.25) is 0 Å². The Kier molecular flexibility index (Phi) is 3.31. The van der Waals surface area contributed by atoms with E-state index in [0.717, 1.165) is 5.56 Å². The lowest BCUT2D eigenvalue weighted by atomic mass is 10.2. The Labute approximate surface area is 76.1 Å². The summed E-state index contributed by atoms with van der Waals surface area (Å²) in [5.41, 5.74) is 0.963. The fourth-order valence-corrected chi connectivity index (χ4v) is 0.951. The van der Waals surface area contributed by atoms with E-state index in [1.54, 1.807) is 18.3 Å². The summed E-state index contributed by atoms with van der Waals surface area (Å²) < 4.78 is 0. The predicted octanol–water partition coefficient (Wildman–Crippen LogP) is 2.66. The number of nitrogens with zero attached hydrogens (tertiary/aromatic N) is 2. The fraction of sp³-hybridized carbons (Fsp3) is 0.111. The van der Waals surface area contributed by atoms with E-state index in [1.807, 2.05) is 18.2 Å². The first-order valence-corrected chi connectivity index (χ1v) is 3.86. The lowest BCUT2D eigenvalue weighted by Crippen LogP contribution is -1.75. The van der Waals surface area contributed by atoms with E-state index < -0.39 is 0 Å². The van der Waals surface area contributed by atoms with Crippen molar-refractivity contribution in [2.24, 2.45) is 0 Å². The molecular weight excluding hydrogens is 172 g/mol. The molecule has 1 aromatic rings. The standard InChI is InChI=1S/C9H7ClN2/c10-9-7-8(4-6-12-9)3-1-2-5-11/h1,3-4,6-7H,2H2. The molecule has 0 atom stereocenters. The van der Waals surface area contributed by atoms with Crippen LogP contribution in [0.15, 0.2) is 24.4 Å². The van der Waals surface area contributed by atoms with Crippen LogP contribution in [0.1, 0.15) is 12.0 Å². The van der Waals surface area contributed by atoms with Crippen LogP contribution in [0.25, 0.3) is 6.08 Å². The van der Waals surface area contributed by atoms with Crippen molar-refractivity contribution in [3.8, 4) is 6.07 Å². The number of pyridine rings is 1. The maximum Gasteiger partial charge on any atom is 0.129 e. The van der Waals surface area contributed by atoms with Gasteiger partial charge in [0, 0.05) is 6.20 Å². The third kappa shape index (κ3) is 2.73. The molecule has 1 rings (SSSR count). The van der Waals surface area contributed by atoms with E-state index in [-0.39, 0.29) is 0 Å². The molecule has 0 saturated heterocycles. The van der Waals surface area contributed by atoms with Gasteiger partial charge in [0.25, 0.3) is 0 Å². The minimum atomic E-state index is 0.417. The molecule has 1 aromatic heterocycles. The van der Waals surface area contributed by atoms with E-state index in [4.69, 9.17) is 16.9 Å². The van der Waals surface area contributed by atoms with Crippen molar-refractivity contribution >= 4 is 17.7 Å². The van der Waals surface area contributed by atoms with E-state index in [1.165, 1.54) is 0 Å². The Balaban J connectivity index is 2.71. The number of hydrogen-bond donors (Lipinski definition) is 0. The number of nitriles is 1. The first-order chi connectivity index (χ1) is 5.83. The zero-order valence-electron chi connectivity index (χ0n) is 6.37. The molecule has 0 aliphatic rings. The molecule has 0 bridgehead atoms. The number of aromatic nitrogens is 1. The monoisotopic (exact) mass is 178 g/mol. The van der Waals surface area contributed by atoms with Crippen LogP contribution < -0.4 is 0 Å². The average Bonchev–Trinajstić information content (AvgIpc) is 2.05. The average molecular weight is 179 g/mol. The van der Waals surface area contributed by atoms with Crippen LogP contribution in [0.3, 0.4) is 0 Å². The quantitative estimate of drug-likeness (QED) is 0.653. The molecule has 0 spiro atoms. The van der Waals surface area contributed by atoms with Gasteiger partial charge >= 0.3 is 0 Å². The topological polar surface area (TPSA) is 36.7 Å². The molecule has 0 saturated carbocycles. The van der Waals surface area contributed by atoms with Crippen molar-refractivity contribution in [3.05, 3.63) is 35.1 Å². The highest BCUT2D eigenvalue weighted by Gasteiger charge is 1.88. The van der Waals surface area contributed by atoms with Gasteiger partial charge in [0.1, 0.15) is 5.15 Å². The predicted molar refractivity (Wildman–Crippen MR) is 48.5 cm³/mol. The maximum absolute atomic E-state index is 8.26. The largest absolute Gasteiger partial charge is 0.245 e. The minimum absolute atomic E-state index is 0.417. The summed E-state index contributed by atoms with van der Waals surface area (Å²) in [4.78, 5) is 3.83. The molecule has 0 aliphatic heterocycles. The highest BCUT2D eigenvalue weighted by molar-refractivity contribution is 6.29. The number of halogens is 1. The van der Waals surface area contributed by atoms with Crippen molar-refractivity contribution in [1.29, 1.82) is 5.26 Å². The highest BCUT2D eigenvalue weighted by Crippen LogP contribution is 2.08. The van der Waals surface area contributed by atoms with Crippen LogP contribution in [0.2, 0.25) is 5.15 Å². The van der Waals surface area contributed by atoms with Crippen LogP contribution in [0.5, 0.6) is 0 Å². The molecule has 3 heteroatoms. The third-order valence-corrected chi connectivity index (χ3v) is 1.48. The Hall–Kier alpha value is -1.33. The molecule has 0 aliphatic carbocycles. The lowest BCUT2D eigenvalue weighted by molar-refractivity contribution is 1.32. The van der Waals surface area contributed by atoms with Crippen molar-refractivity contribution in [3.63, 3.8) is 0 Å². The maximum atomic E-state index is 8.26. The Morgan fingerprint density at radius 1 is 1.67 bits per heavy atom. The normalized spacial score (nSPS) is 10.0. The van der Waals surface area contributed by atoms with Gasteiger partial charge in [-0.1, -0.05) is 23.8 Å². The molecule has 0 N–H and O–H groups in total. The van der Waals surface area contributed by atoms with Crippen molar-refractivity contribution in [1.82, 2.24) is 4.98 Å². The van der Waals surface area contributed by atoms with Gasteiger partial charge in [-0.25, -0.2) is 4.98 Å². The molecule has 0 amide bonds. The number of rotatable bonds is 2. The first kappa shape index (κ1) is 8.76. The second-order valence-corrected chi connectivity index (χ2v) is 2.56. The summed E-state index contributed by atoms with van der Waals surface area (Å²) in [7, 11) is 0. The Morgan fingerprint density at radius 2 is 2.50 bits per heavy atom. The first-order valence-electron chi connectivity index (χ1n) is 3.48. The zero-order chi connectivity index (χ0) is 8.81. The van der Waals surface area contributed by atoms with Gasteiger partial charge in [-0.05, 0) is 17.7 Å². The van der Waals surface area contributed by atoms with Crippen molar-refractivity contribution < 1.29 is 0 Å². The summed E-state index contributed by atoms with van der Waals surface area (Å²) in [6.07, 6.45) is 5.68. The number of hydrogen-bond acceptors (Lipinski definition) is 2. The smallest absolute Gasteiger partial charge is 0.129 e. The summed E-state index contributed by atoms with van der Waals surface area (Å²) in [6, 6.07) is 5.60. The molecule has 0 radical (unpaired) electrons. The molecule has 12 heavy (non-hydrogen) atoms. The van der Waals surface area contributed by atoms with Crippen LogP contribution in [-0.4, -0.2) is 4.98 Å². The summed E-state index contributed by atoms with van der Waals surface area (Å²) >= 11 is 5.65. The van der Waals surface area contributed by atoms with E-state index in [9.17, 15) is 0 Å². The molecule has 2 nitrogen and oxygen atoms in total.